The molecule has 160 valence electrons. The zero-order valence-corrected chi connectivity index (χ0v) is 17.4. The highest BCUT2D eigenvalue weighted by Gasteiger charge is 2.27. The standard InChI is InChI=1S/C23H22N2O5S/c26-23(24-27)20(12-10-16-6-2-1-3-7-16)25-31(28,29)19-11-13-22-18(15-19)14-17-8-4-5-9-21(17)30-22/h1-9,11,13,15,20,25,27H,10,12,14H2,(H,24,26). The lowest BCUT2D eigenvalue weighted by Gasteiger charge is -2.21. The molecule has 0 aromatic heterocycles. The van der Waals surface area contributed by atoms with Crippen molar-refractivity contribution in [2.45, 2.75) is 30.2 Å². The number of para-hydroxylation sites is 1. The number of sulfonamides is 1. The van der Waals surface area contributed by atoms with Gasteiger partial charge in [-0.15, -0.1) is 0 Å². The number of benzene rings is 3. The average molecular weight is 439 g/mol. The summed E-state index contributed by atoms with van der Waals surface area (Å²) in [6, 6.07) is 20.5. The number of carbonyl (C=O) groups is 1. The molecular weight excluding hydrogens is 416 g/mol. The van der Waals surface area contributed by atoms with E-state index in [0.29, 0.717) is 18.6 Å². The van der Waals surface area contributed by atoms with Crippen LogP contribution >= 0.6 is 0 Å². The van der Waals surface area contributed by atoms with Crippen LogP contribution in [0.5, 0.6) is 11.5 Å². The van der Waals surface area contributed by atoms with Gasteiger partial charge >= 0.3 is 0 Å². The van der Waals surface area contributed by atoms with E-state index in [4.69, 9.17) is 9.94 Å². The maximum absolute atomic E-state index is 13.0. The summed E-state index contributed by atoms with van der Waals surface area (Å²) >= 11 is 0. The van der Waals surface area contributed by atoms with Gasteiger partial charge in [0.1, 0.15) is 17.5 Å². The van der Waals surface area contributed by atoms with Crippen LogP contribution in [0.2, 0.25) is 0 Å². The summed E-state index contributed by atoms with van der Waals surface area (Å²) in [4.78, 5) is 12.1. The number of amides is 1. The van der Waals surface area contributed by atoms with Gasteiger partial charge in [-0.25, -0.2) is 13.9 Å². The minimum Gasteiger partial charge on any atom is -0.457 e. The average Bonchev–Trinajstić information content (AvgIpc) is 2.80. The Morgan fingerprint density at radius 2 is 1.68 bits per heavy atom. The Balaban J connectivity index is 1.53. The van der Waals surface area contributed by atoms with E-state index in [1.807, 2.05) is 54.6 Å². The van der Waals surface area contributed by atoms with E-state index in [1.54, 1.807) is 17.6 Å². The van der Waals surface area contributed by atoms with Crippen molar-refractivity contribution in [2.24, 2.45) is 0 Å². The van der Waals surface area contributed by atoms with E-state index in [2.05, 4.69) is 4.72 Å². The summed E-state index contributed by atoms with van der Waals surface area (Å²) in [6.45, 7) is 0. The molecule has 3 aromatic carbocycles. The Kier molecular flexibility index (Phi) is 6.03. The normalized spacial score (nSPS) is 13.5. The van der Waals surface area contributed by atoms with Gasteiger partial charge in [-0.1, -0.05) is 48.5 Å². The first kappa shape index (κ1) is 21.0. The smallest absolute Gasteiger partial charge is 0.261 e. The predicted octanol–water partition coefficient (Wildman–Crippen LogP) is 3.17. The highest BCUT2D eigenvalue weighted by Crippen LogP contribution is 2.37. The van der Waals surface area contributed by atoms with Crippen molar-refractivity contribution in [2.75, 3.05) is 0 Å². The molecular formula is C23H22N2O5S. The van der Waals surface area contributed by atoms with Crippen molar-refractivity contribution in [3.05, 3.63) is 89.5 Å². The summed E-state index contributed by atoms with van der Waals surface area (Å²) < 4.78 is 34.3. The van der Waals surface area contributed by atoms with Crippen molar-refractivity contribution in [1.29, 1.82) is 0 Å². The largest absolute Gasteiger partial charge is 0.457 e. The van der Waals surface area contributed by atoms with Gasteiger partial charge in [0, 0.05) is 12.0 Å². The molecule has 1 aliphatic rings. The van der Waals surface area contributed by atoms with E-state index in [0.717, 1.165) is 22.4 Å². The number of fused-ring (bicyclic) bond motifs is 2. The summed E-state index contributed by atoms with van der Waals surface area (Å²) in [5.41, 5.74) is 4.23. The van der Waals surface area contributed by atoms with Crippen molar-refractivity contribution in [3.63, 3.8) is 0 Å². The SMILES string of the molecule is O=C(NO)C(CCc1ccccc1)NS(=O)(=O)c1ccc2c(c1)Cc1ccccc1O2. The quantitative estimate of drug-likeness (QED) is 0.304. The van der Waals surface area contributed by atoms with Crippen LogP contribution in [0.4, 0.5) is 0 Å². The van der Waals surface area contributed by atoms with Crippen molar-refractivity contribution >= 4 is 15.9 Å². The van der Waals surface area contributed by atoms with Gasteiger partial charge in [0.25, 0.3) is 5.91 Å². The number of carbonyl (C=O) groups excluding carboxylic acids is 1. The van der Waals surface area contributed by atoms with Crippen LogP contribution in [-0.4, -0.2) is 25.6 Å². The third-order valence-corrected chi connectivity index (χ3v) is 6.67. The van der Waals surface area contributed by atoms with Crippen LogP contribution < -0.4 is 14.9 Å². The second kappa shape index (κ2) is 8.89. The second-order valence-electron chi connectivity index (χ2n) is 7.33. The number of hydroxylamine groups is 1. The molecule has 31 heavy (non-hydrogen) atoms. The fraction of sp³-hybridized carbons (Fsp3) is 0.174. The zero-order valence-electron chi connectivity index (χ0n) is 16.6. The summed E-state index contributed by atoms with van der Waals surface area (Å²) in [5.74, 6) is 0.547. The molecule has 0 saturated heterocycles. The van der Waals surface area contributed by atoms with Crippen molar-refractivity contribution in [3.8, 4) is 11.5 Å². The lowest BCUT2D eigenvalue weighted by atomic mass is 10.0. The molecule has 3 N–H and O–H groups in total. The molecule has 0 bridgehead atoms. The van der Waals surface area contributed by atoms with E-state index >= 15 is 0 Å². The highest BCUT2D eigenvalue weighted by molar-refractivity contribution is 7.89. The molecule has 1 aliphatic heterocycles. The van der Waals surface area contributed by atoms with Gasteiger partial charge in [-0.05, 0) is 48.2 Å². The van der Waals surface area contributed by atoms with Crippen LogP contribution in [0.15, 0.2) is 77.7 Å². The van der Waals surface area contributed by atoms with Crippen molar-refractivity contribution < 1.29 is 23.2 Å². The monoisotopic (exact) mass is 438 g/mol. The summed E-state index contributed by atoms with van der Waals surface area (Å²) in [7, 11) is -4.01. The number of rotatable bonds is 7. The highest BCUT2D eigenvalue weighted by atomic mass is 32.2. The molecule has 1 amide bonds. The second-order valence-corrected chi connectivity index (χ2v) is 9.04. The fourth-order valence-corrected chi connectivity index (χ4v) is 4.85. The van der Waals surface area contributed by atoms with Crippen LogP contribution in [0.25, 0.3) is 0 Å². The molecule has 0 saturated carbocycles. The lowest BCUT2D eigenvalue weighted by Crippen LogP contribution is -2.46. The Hall–Kier alpha value is -3.20. The minimum absolute atomic E-state index is 0.0321. The topological polar surface area (TPSA) is 105 Å². The van der Waals surface area contributed by atoms with Gasteiger partial charge in [0.05, 0.1) is 4.90 Å². The Labute approximate surface area is 180 Å². The van der Waals surface area contributed by atoms with E-state index in [1.165, 1.54) is 6.07 Å². The third kappa shape index (κ3) is 4.77. The van der Waals surface area contributed by atoms with Gasteiger partial charge in [-0.3, -0.25) is 10.0 Å². The molecule has 1 unspecified atom stereocenters. The first-order chi connectivity index (χ1) is 15.0. The predicted molar refractivity (Wildman–Crippen MR) is 115 cm³/mol. The van der Waals surface area contributed by atoms with Crippen molar-refractivity contribution in [1.82, 2.24) is 10.2 Å². The summed E-state index contributed by atoms with van der Waals surface area (Å²) in [6.07, 6.45) is 1.21. The number of hydrogen-bond donors (Lipinski definition) is 3. The fourth-order valence-electron chi connectivity index (χ4n) is 3.57. The van der Waals surface area contributed by atoms with Crippen LogP contribution in [0.3, 0.4) is 0 Å². The van der Waals surface area contributed by atoms with Gasteiger partial charge in [-0.2, -0.15) is 4.72 Å². The van der Waals surface area contributed by atoms with Crippen LogP contribution in [0.1, 0.15) is 23.1 Å². The Bertz CT molecular complexity index is 1200. The number of ether oxygens (including phenoxy) is 1. The lowest BCUT2D eigenvalue weighted by molar-refractivity contribution is -0.131. The molecule has 1 heterocycles. The van der Waals surface area contributed by atoms with Gasteiger partial charge in [0.15, 0.2) is 0 Å². The molecule has 0 fully saturated rings. The van der Waals surface area contributed by atoms with Gasteiger partial charge < -0.3 is 4.74 Å². The first-order valence-electron chi connectivity index (χ1n) is 9.85. The van der Waals surface area contributed by atoms with Gasteiger partial charge in [0.2, 0.25) is 10.0 Å². The number of nitrogens with one attached hydrogen (secondary N) is 2. The van der Waals surface area contributed by atoms with Crippen LogP contribution in [0, 0.1) is 0 Å². The molecule has 8 heteroatoms. The first-order valence-corrected chi connectivity index (χ1v) is 11.3. The summed E-state index contributed by atoms with van der Waals surface area (Å²) in [5, 5.41) is 9.07. The molecule has 0 radical (unpaired) electrons. The number of aryl methyl sites for hydroxylation is 1. The Morgan fingerprint density at radius 1 is 0.968 bits per heavy atom. The zero-order chi connectivity index (χ0) is 21.8. The maximum atomic E-state index is 13.0. The molecule has 4 rings (SSSR count). The molecule has 3 aromatic rings. The maximum Gasteiger partial charge on any atom is 0.261 e. The minimum atomic E-state index is -4.01. The van der Waals surface area contributed by atoms with E-state index in [9.17, 15) is 13.2 Å². The van der Waals surface area contributed by atoms with Crippen LogP contribution in [-0.2, 0) is 27.7 Å². The van der Waals surface area contributed by atoms with E-state index < -0.39 is 22.0 Å². The molecule has 7 nitrogen and oxygen atoms in total. The number of hydrogen-bond acceptors (Lipinski definition) is 5. The molecule has 0 spiro atoms. The third-order valence-electron chi connectivity index (χ3n) is 5.20. The molecule has 1 atom stereocenters. The van der Waals surface area contributed by atoms with E-state index in [-0.39, 0.29) is 11.3 Å². The molecule has 0 aliphatic carbocycles. The Morgan fingerprint density at radius 3 is 2.45 bits per heavy atom.